The average molecular weight is 542 g/mol. The lowest BCUT2D eigenvalue weighted by Gasteiger charge is -2.31. The van der Waals surface area contributed by atoms with Crippen molar-refractivity contribution in [3.8, 4) is 5.75 Å². The molecule has 9 heteroatoms. The van der Waals surface area contributed by atoms with Crippen LogP contribution in [0, 0.1) is 20.8 Å². The number of methoxy groups -OCH3 is 1. The average Bonchev–Trinajstić information content (AvgIpc) is 2.93. The topological polar surface area (TPSA) is 97.3 Å². The number of carbonyl (C=O) groups is 2. The number of hydrogen-bond donors (Lipinski definition) is 1. The molecule has 1 atom stereocenters. The molecule has 0 bridgehead atoms. The normalized spacial score (nSPS) is 11.5. The van der Waals surface area contributed by atoms with Gasteiger partial charge in [0.15, 0.2) is 5.16 Å². The maximum Gasteiger partial charge on any atom is 0.251 e. The molecule has 0 aliphatic rings. The molecule has 2 heterocycles. The maximum atomic E-state index is 13.9. The number of aromatic nitrogens is 3. The van der Waals surface area contributed by atoms with Gasteiger partial charge in [0.25, 0.3) is 5.91 Å². The number of ether oxygens (including phenoxy) is 1. The van der Waals surface area contributed by atoms with Crippen molar-refractivity contribution in [1.82, 2.24) is 19.9 Å². The molecule has 0 aliphatic heterocycles. The number of pyridine rings is 1. The van der Waals surface area contributed by atoms with Crippen LogP contribution in [0.4, 0.5) is 5.69 Å². The number of thioether (sulfide) groups is 1. The van der Waals surface area contributed by atoms with Gasteiger partial charge < -0.3 is 15.0 Å². The fourth-order valence-electron chi connectivity index (χ4n) is 4.09. The standard InChI is InChI=1S/C30H31N5O3S/c1-20-7-9-24(10-8-20)28(29(37)34-25-11-13-26(38-4)14-12-25)35(18-23-6-5-15-31-17-23)27(36)19-39-30-32-21(2)16-22(3)33-30/h5-17,28H,18-19H2,1-4H3,(H,34,37). The van der Waals surface area contributed by atoms with Crippen molar-refractivity contribution >= 4 is 29.3 Å². The van der Waals surface area contributed by atoms with Crippen LogP contribution >= 0.6 is 11.8 Å². The zero-order chi connectivity index (χ0) is 27.8. The van der Waals surface area contributed by atoms with Crippen LogP contribution in [0.15, 0.2) is 84.3 Å². The van der Waals surface area contributed by atoms with Gasteiger partial charge in [0, 0.05) is 36.0 Å². The molecule has 2 aromatic carbocycles. The largest absolute Gasteiger partial charge is 0.497 e. The molecule has 0 fully saturated rings. The Hall–Kier alpha value is -4.24. The Morgan fingerprint density at radius 1 is 0.974 bits per heavy atom. The number of aryl methyl sites for hydroxylation is 3. The van der Waals surface area contributed by atoms with E-state index in [1.54, 1.807) is 48.7 Å². The van der Waals surface area contributed by atoms with Gasteiger partial charge >= 0.3 is 0 Å². The lowest BCUT2D eigenvalue weighted by Crippen LogP contribution is -2.41. The Labute approximate surface area is 232 Å². The van der Waals surface area contributed by atoms with E-state index in [4.69, 9.17) is 4.74 Å². The van der Waals surface area contributed by atoms with Crippen molar-refractivity contribution in [2.24, 2.45) is 0 Å². The van der Waals surface area contributed by atoms with Crippen LogP contribution in [-0.2, 0) is 16.1 Å². The van der Waals surface area contributed by atoms with E-state index >= 15 is 0 Å². The molecule has 39 heavy (non-hydrogen) atoms. The summed E-state index contributed by atoms with van der Waals surface area (Å²) in [4.78, 5) is 42.4. The molecule has 4 rings (SSSR count). The molecule has 0 radical (unpaired) electrons. The summed E-state index contributed by atoms with van der Waals surface area (Å²) in [6, 6.07) is 19.4. The van der Waals surface area contributed by atoms with E-state index < -0.39 is 6.04 Å². The minimum Gasteiger partial charge on any atom is -0.497 e. The van der Waals surface area contributed by atoms with E-state index in [-0.39, 0.29) is 24.1 Å². The molecule has 4 aromatic rings. The minimum atomic E-state index is -0.888. The molecular formula is C30H31N5O3S. The number of carbonyl (C=O) groups excluding carboxylic acids is 2. The van der Waals surface area contributed by atoms with Crippen LogP contribution in [0.1, 0.15) is 34.1 Å². The summed E-state index contributed by atoms with van der Waals surface area (Å²) in [6.07, 6.45) is 3.38. The summed E-state index contributed by atoms with van der Waals surface area (Å²) in [5.41, 5.74) is 4.84. The van der Waals surface area contributed by atoms with Crippen molar-refractivity contribution in [3.05, 3.63) is 107 Å². The second-order valence-electron chi connectivity index (χ2n) is 9.14. The van der Waals surface area contributed by atoms with Crippen molar-refractivity contribution in [2.45, 2.75) is 38.5 Å². The molecule has 2 amide bonds. The molecule has 1 N–H and O–H groups in total. The quantitative estimate of drug-likeness (QED) is 0.215. The Morgan fingerprint density at radius 2 is 1.67 bits per heavy atom. The monoisotopic (exact) mass is 541 g/mol. The molecule has 0 spiro atoms. The summed E-state index contributed by atoms with van der Waals surface area (Å²) in [5, 5.41) is 3.51. The molecule has 0 saturated carbocycles. The Bertz CT molecular complexity index is 1390. The Kier molecular flexibility index (Phi) is 9.27. The fraction of sp³-hybridized carbons (Fsp3) is 0.233. The second kappa shape index (κ2) is 13.0. The number of hydrogen-bond acceptors (Lipinski definition) is 7. The van der Waals surface area contributed by atoms with Gasteiger partial charge in [-0.3, -0.25) is 14.6 Å². The first-order valence-corrected chi connectivity index (χ1v) is 13.5. The Morgan fingerprint density at radius 3 is 2.28 bits per heavy atom. The Balaban J connectivity index is 1.67. The van der Waals surface area contributed by atoms with Crippen LogP contribution in [0.5, 0.6) is 5.75 Å². The van der Waals surface area contributed by atoms with Crippen molar-refractivity contribution in [1.29, 1.82) is 0 Å². The highest BCUT2D eigenvalue weighted by atomic mass is 32.2. The summed E-state index contributed by atoms with van der Waals surface area (Å²) in [5.74, 6) is 0.208. The highest BCUT2D eigenvalue weighted by molar-refractivity contribution is 7.99. The van der Waals surface area contributed by atoms with Gasteiger partial charge in [0.05, 0.1) is 12.9 Å². The number of nitrogens with one attached hydrogen (secondary N) is 1. The predicted molar refractivity (Wildman–Crippen MR) is 153 cm³/mol. The molecule has 0 aliphatic carbocycles. The van der Waals surface area contributed by atoms with Crippen LogP contribution in [0.3, 0.4) is 0 Å². The summed E-state index contributed by atoms with van der Waals surface area (Å²) < 4.78 is 5.23. The number of anilines is 1. The van der Waals surface area contributed by atoms with Gasteiger partial charge in [-0.15, -0.1) is 0 Å². The first kappa shape index (κ1) is 27.8. The van der Waals surface area contributed by atoms with Crippen LogP contribution < -0.4 is 10.1 Å². The summed E-state index contributed by atoms with van der Waals surface area (Å²) in [6.45, 7) is 5.98. The number of rotatable bonds is 10. The molecule has 1 unspecified atom stereocenters. The number of nitrogens with zero attached hydrogens (tertiary/aromatic N) is 4. The molecule has 0 saturated heterocycles. The third-order valence-electron chi connectivity index (χ3n) is 5.99. The van der Waals surface area contributed by atoms with E-state index in [9.17, 15) is 9.59 Å². The molecule has 8 nitrogen and oxygen atoms in total. The third kappa shape index (κ3) is 7.64. The fourth-order valence-corrected chi connectivity index (χ4v) is 4.92. The van der Waals surface area contributed by atoms with E-state index in [0.29, 0.717) is 22.2 Å². The maximum absolute atomic E-state index is 13.9. The zero-order valence-electron chi connectivity index (χ0n) is 22.4. The molecular weight excluding hydrogens is 510 g/mol. The van der Waals surface area contributed by atoms with E-state index in [2.05, 4.69) is 20.3 Å². The van der Waals surface area contributed by atoms with E-state index in [1.807, 2.05) is 63.2 Å². The summed E-state index contributed by atoms with van der Waals surface area (Å²) in [7, 11) is 1.59. The number of benzene rings is 2. The number of amides is 2. The smallest absolute Gasteiger partial charge is 0.251 e. The lowest BCUT2D eigenvalue weighted by atomic mass is 10.0. The van der Waals surface area contributed by atoms with Crippen molar-refractivity contribution < 1.29 is 14.3 Å². The van der Waals surface area contributed by atoms with Gasteiger partial charge in [-0.1, -0.05) is 47.7 Å². The van der Waals surface area contributed by atoms with E-state index in [0.717, 1.165) is 22.5 Å². The first-order valence-electron chi connectivity index (χ1n) is 12.5. The van der Waals surface area contributed by atoms with Crippen LogP contribution in [0.25, 0.3) is 0 Å². The summed E-state index contributed by atoms with van der Waals surface area (Å²) >= 11 is 1.26. The molecule has 200 valence electrons. The third-order valence-corrected chi connectivity index (χ3v) is 6.83. The second-order valence-corrected chi connectivity index (χ2v) is 10.1. The highest BCUT2D eigenvalue weighted by Crippen LogP contribution is 2.28. The van der Waals surface area contributed by atoms with Crippen molar-refractivity contribution in [2.75, 3.05) is 18.2 Å². The highest BCUT2D eigenvalue weighted by Gasteiger charge is 2.32. The SMILES string of the molecule is COc1ccc(NC(=O)C(c2ccc(C)cc2)N(Cc2cccnc2)C(=O)CSc2nc(C)cc(C)n2)cc1. The van der Waals surface area contributed by atoms with Crippen LogP contribution in [-0.4, -0.2) is 44.5 Å². The molecule has 2 aromatic heterocycles. The van der Waals surface area contributed by atoms with Gasteiger partial charge in [0.2, 0.25) is 5.91 Å². The van der Waals surface area contributed by atoms with E-state index in [1.165, 1.54) is 11.8 Å². The van der Waals surface area contributed by atoms with Crippen LogP contribution in [0.2, 0.25) is 0 Å². The predicted octanol–water partition coefficient (Wildman–Crippen LogP) is 5.31. The van der Waals surface area contributed by atoms with Crippen molar-refractivity contribution in [3.63, 3.8) is 0 Å². The minimum absolute atomic E-state index is 0.0708. The van der Waals surface area contributed by atoms with Gasteiger partial charge in [-0.05, 0) is 68.3 Å². The van der Waals surface area contributed by atoms with Gasteiger partial charge in [-0.2, -0.15) is 0 Å². The lowest BCUT2D eigenvalue weighted by molar-refractivity contribution is -0.137. The first-order chi connectivity index (χ1) is 18.8. The van der Waals surface area contributed by atoms with Gasteiger partial charge in [-0.25, -0.2) is 9.97 Å². The van der Waals surface area contributed by atoms with Gasteiger partial charge in [0.1, 0.15) is 11.8 Å². The zero-order valence-corrected chi connectivity index (χ0v) is 23.2.